The summed E-state index contributed by atoms with van der Waals surface area (Å²) in [5, 5.41) is 3.85. The molecule has 0 bridgehead atoms. The first-order chi connectivity index (χ1) is 14.8. The first kappa shape index (κ1) is 20.9. The highest BCUT2D eigenvalue weighted by Crippen LogP contribution is 2.48. The number of nitrogens with zero attached hydrogens (tertiary/aromatic N) is 1. The van der Waals surface area contributed by atoms with Gasteiger partial charge in [-0.05, 0) is 29.8 Å². The molecule has 4 rings (SSSR count). The highest BCUT2D eigenvalue weighted by atomic mass is 31.2. The lowest BCUT2D eigenvalue weighted by Crippen LogP contribution is -2.19. The second kappa shape index (κ2) is 8.03. The lowest BCUT2D eigenvalue weighted by Gasteiger charge is -2.30. The molecule has 0 aliphatic carbocycles. The number of hydrogen-bond acceptors (Lipinski definition) is 11. The number of rotatable bonds is 7. The first-order valence-corrected chi connectivity index (χ1v) is 10.2. The van der Waals surface area contributed by atoms with E-state index in [9.17, 15) is 14.4 Å². The third-order valence-corrected chi connectivity index (χ3v) is 4.88. The van der Waals surface area contributed by atoms with E-state index in [1.54, 1.807) is 18.2 Å². The van der Waals surface area contributed by atoms with Gasteiger partial charge in [-0.3, -0.25) is 0 Å². The Labute approximate surface area is 176 Å². The van der Waals surface area contributed by atoms with Crippen molar-refractivity contribution in [1.82, 2.24) is 5.16 Å². The molecule has 0 radical (unpaired) electrons. The predicted octanol–water partition coefficient (Wildman–Crippen LogP) is 1.97. The fourth-order valence-corrected chi connectivity index (χ4v) is 3.56. The lowest BCUT2D eigenvalue weighted by atomic mass is 10.0. The van der Waals surface area contributed by atoms with Gasteiger partial charge in [0.05, 0.1) is 27.5 Å². The van der Waals surface area contributed by atoms with Crippen molar-refractivity contribution < 1.29 is 47.1 Å². The molecule has 0 N–H and O–H groups in total. The van der Waals surface area contributed by atoms with Gasteiger partial charge in [0.25, 0.3) is 0 Å². The van der Waals surface area contributed by atoms with Crippen LogP contribution in [0.15, 0.2) is 35.0 Å². The van der Waals surface area contributed by atoms with Crippen LogP contribution in [0.25, 0.3) is 22.5 Å². The van der Waals surface area contributed by atoms with E-state index in [1.807, 2.05) is 0 Å². The molecular weight excluding hydrogens is 433 g/mol. The molecule has 0 saturated heterocycles. The van der Waals surface area contributed by atoms with Crippen LogP contribution in [0.5, 0.6) is 34.5 Å². The van der Waals surface area contributed by atoms with E-state index in [0.717, 1.165) is 0 Å². The molecule has 1 aliphatic rings. The Morgan fingerprint density at radius 1 is 0.935 bits per heavy atom. The van der Waals surface area contributed by atoms with Gasteiger partial charge in [0.15, 0.2) is 28.8 Å². The van der Waals surface area contributed by atoms with Crippen molar-refractivity contribution in [3.05, 3.63) is 30.5 Å². The van der Waals surface area contributed by atoms with E-state index in [0.29, 0.717) is 39.7 Å². The Bertz CT molecular complexity index is 1170. The second-order valence-electron chi connectivity index (χ2n) is 6.23. The molecule has 3 aromatic rings. The van der Waals surface area contributed by atoms with Gasteiger partial charge in [0.1, 0.15) is 7.82 Å². The summed E-state index contributed by atoms with van der Waals surface area (Å²) in [6.07, 6.45) is 1.42. The van der Waals surface area contributed by atoms with Crippen molar-refractivity contribution >= 4 is 7.82 Å². The van der Waals surface area contributed by atoms with Crippen LogP contribution in [-0.2, 0) is 4.57 Å². The average Bonchev–Trinajstić information content (AvgIpc) is 3.40. The van der Waals surface area contributed by atoms with Crippen molar-refractivity contribution in [2.24, 2.45) is 0 Å². The van der Waals surface area contributed by atoms with Crippen molar-refractivity contribution in [3.63, 3.8) is 0 Å². The highest BCUT2D eigenvalue weighted by molar-refractivity contribution is 7.43. The smallest absolute Gasteiger partial charge is 0.231 e. The van der Waals surface area contributed by atoms with Gasteiger partial charge in [0.2, 0.25) is 18.3 Å². The van der Waals surface area contributed by atoms with E-state index in [-0.39, 0.29) is 24.0 Å². The number of hydrogen-bond donors (Lipinski definition) is 0. The highest BCUT2D eigenvalue weighted by Gasteiger charge is 2.25. The largest absolute Gasteiger partial charge is 0.780 e. The minimum atomic E-state index is -5.37. The molecule has 0 amide bonds. The minimum Gasteiger partial charge on any atom is -0.780 e. The van der Waals surface area contributed by atoms with Crippen LogP contribution in [-0.4, -0.2) is 33.3 Å². The zero-order valence-corrected chi connectivity index (χ0v) is 17.5. The first-order valence-electron chi connectivity index (χ1n) is 8.75. The summed E-state index contributed by atoms with van der Waals surface area (Å²) >= 11 is 0. The van der Waals surface area contributed by atoms with Gasteiger partial charge < -0.3 is 47.1 Å². The Balaban J connectivity index is 1.86. The van der Waals surface area contributed by atoms with Gasteiger partial charge in [-0.15, -0.1) is 0 Å². The van der Waals surface area contributed by atoms with E-state index in [4.69, 9.17) is 28.2 Å². The molecule has 1 aromatic heterocycles. The van der Waals surface area contributed by atoms with Crippen molar-refractivity contribution in [2.45, 2.75) is 0 Å². The summed E-state index contributed by atoms with van der Waals surface area (Å²) in [6.45, 7) is 0.0548. The lowest BCUT2D eigenvalue weighted by molar-refractivity contribution is -0.333. The Kier molecular flexibility index (Phi) is 5.40. The van der Waals surface area contributed by atoms with E-state index in [2.05, 4.69) is 9.68 Å². The van der Waals surface area contributed by atoms with Crippen LogP contribution in [0.1, 0.15) is 0 Å². The summed E-state index contributed by atoms with van der Waals surface area (Å²) in [6, 6.07) is 6.24. The zero-order chi connectivity index (χ0) is 22.2. The maximum Gasteiger partial charge on any atom is 0.231 e. The van der Waals surface area contributed by atoms with E-state index < -0.39 is 7.82 Å². The zero-order valence-electron chi connectivity index (χ0n) is 16.6. The van der Waals surface area contributed by atoms with Crippen LogP contribution < -0.4 is 38.0 Å². The van der Waals surface area contributed by atoms with Crippen LogP contribution in [0.4, 0.5) is 0 Å². The molecule has 0 spiro atoms. The van der Waals surface area contributed by atoms with Gasteiger partial charge in [-0.2, -0.15) is 0 Å². The second-order valence-corrected chi connectivity index (χ2v) is 7.31. The van der Waals surface area contributed by atoms with Gasteiger partial charge in [-0.25, -0.2) is 0 Å². The number of ether oxygens (including phenoxy) is 5. The van der Waals surface area contributed by atoms with Crippen LogP contribution in [0, 0.1) is 0 Å². The third kappa shape index (κ3) is 3.98. The topological polar surface area (TPSA) is 145 Å². The fraction of sp³-hybridized carbons (Fsp3) is 0.211. The van der Waals surface area contributed by atoms with Crippen LogP contribution >= 0.6 is 7.82 Å². The molecule has 0 saturated carbocycles. The molecule has 0 atom stereocenters. The van der Waals surface area contributed by atoms with E-state index >= 15 is 0 Å². The molecule has 0 fully saturated rings. The molecular formula is C19H16NO10P-2. The molecule has 2 aromatic carbocycles. The quantitative estimate of drug-likeness (QED) is 0.488. The Morgan fingerprint density at radius 2 is 1.65 bits per heavy atom. The summed E-state index contributed by atoms with van der Waals surface area (Å²) in [4.78, 5) is 22.4. The maximum absolute atomic E-state index is 11.2. The number of phosphoric ester groups is 1. The number of benzene rings is 2. The van der Waals surface area contributed by atoms with E-state index in [1.165, 1.54) is 33.6 Å². The summed E-state index contributed by atoms with van der Waals surface area (Å²) < 4.78 is 47.9. The van der Waals surface area contributed by atoms with Crippen molar-refractivity contribution in [3.8, 4) is 56.9 Å². The third-order valence-electron chi connectivity index (χ3n) is 4.46. The average molecular weight is 449 g/mol. The van der Waals surface area contributed by atoms with Crippen LogP contribution in [0.3, 0.4) is 0 Å². The Hall–Kier alpha value is -3.40. The van der Waals surface area contributed by atoms with Gasteiger partial charge >= 0.3 is 0 Å². The number of methoxy groups -OCH3 is 3. The monoisotopic (exact) mass is 449 g/mol. The van der Waals surface area contributed by atoms with Crippen molar-refractivity contribution in [2.75, 3.05) is 28.1 Å². The maximum atomic E-state index is 11.2. The van der Waals surface area contributed by atoms with Crippen molar-refractivity contribution in [1.29, 1.82) is 0 Å². The SMILES string of the molecule is COc1cc(-c2cnoc2-c2cc(OC)c3c(c2)OCO3)cc(OP(=O)([O-])[O-])c1OC. The minimum absolute atomic E-state index is 0.0547. The van der Waals surface area contributed by atoms with Gasteiger partial charge in [0, 0.05) is 11.1 Å². The predicted molar refractivity (Wildman–Crippen MR) is 101 cm³/mol. The Morgan fingerprint density at radius 3 is 2.32 bits per heavy atom. The molecule has 0 unspecified atom stereocenters. The molecule has 2 heterocycles. The standard InChI is InChI=1S/C19H18NO10P/c1-24-13-4-10(5-16(18(13)26-3)30-31(21,22)23)12-8-20-29-17(12)11-6-14(25-2)19-15(7-11)27-9-28-19/h4-8H,9H2,1-3H3,(H2,21,22,23)/p-2. The number of phosphoric acid groups is 1. The molecule has 11 nitrogen and oxygen atoms in total. The van der Waals surface area contributed by atoms with Crippen LogP contribution in [0.2, 0.25) is 0 Å². The fourth-order valence-electron chi connectivity index (χ4n) is 3.19. The molecule has 1 aliphatic heterocycles. The number of fused-ring (bicyclic) bond motifs is 1. The van der Waals surface area contributed by atoms with Gasteiger partial charge in [-0.1, -0.05) is 5.16 Å². The number of aromatic nitrogens is 1. The molecule has 164 valence electrons. The molecule has 31 heavy (non-hydrogen) atoms. The molecule has 12 heteroatoms. The summed E-state index contributed by atoms with van der Waals surface area (Å²) in [5.41, 5.74) is 1.41. The normalized spacial score (nSPS) is 12.5. The summed E-state index contributed by atoms with van der Waals surface area (Å²) in [7, 11) is -1.23. The summed E-state index contributed by atoms with van der Waals surface area (Å²) in [5.74, 6) is 1.44.